The van der Waals surface area contributed by atoms with Crippen LogP contribution >= 0.6 is 0 Å². The van der Waals surface area contributed by atoms with E-state index in [1.807, 2.05) is 0 Å². The lowest BCUT2D eigenvalue weighted by Gasteiger charge is -2.10. The third-order valence-corrected chi connectivity index (χ3v) is 2.58. The van der Waals surface area contributed by atoms with Gasteiger partial charge in [0.25, 0.3) is 5.69 Å². The van der Waals surface area contributed by atoms with Crippen LogP contribution < -0.4 is 0 Å². The van der Waals surface area contributed by atoms with E-state index in [2.05, 4.69) is 4.98 Å². The minimum absolute atomic E-state index is 0.00780. The van der Waals surface area contributed by atoms with Gasteiger partial charge in [0, 0.05) is 11.8 Å². The zero-order valence-electron chi connectivity index (χ0n) is 10.3. The predicted octanol–water partition coefficient (Wildman–Crippen LogP) is 1.60. The van der Waals surface area contributed by atoms with Crippen LogP contribution in [-0.2, 0) is 16.1 Å². The maximum Gasteiger partial charge on any atom is 0.332 e. The first kappa shape index (κ1) is 14.0. The Hall–Kier alpha value is -2.02. The summed E-state index contributed by atoms with van der Waals surface area (Å²) in [4.78, 5) is 25.0. The first-order valence-corrected chi connectivity index (χ1v) is 5.28. The van der Waals surface area contributed by atoms with E-state index in [4.69, 9.17) is 9.84 Å². The summed E-state index contributed by atoms with van der Waals surface area (Å²) in [5.74, 6) is -1.09. The predicted molar refractivity (Wildman–Crippen MR) is 62.3 cm³/mol. The third-order valence-electron chi connectivity index (χ3n) is 2.58. The van der Waals surface area contributed by atoms with E-state index in [9.17, 15) is 14.9 Å². The molecule has 1 N–H and O–H groups in total. The second kappa shape index (κ2) is 5.54. The zero-order chi connectivity index (χ0) is 13.9. The number of nitrogens with zero attached hydrogens (tertiary/aromatic N) is 2. The summed E-state index contributed by atoms with van der Waals surface area (Å²) in [5.41, 5.74) is 1.23. The summed E-state index contributed by atoms with van der Waals surface area (Å²) in [6.07, 6.45) is 0.404. The number of hydrogen-bond donors (Lipinski definition) is 1. The summed E-state index contributed by atoms with van der Waals surface area (Å²) >= 11 is 0. The Morgan fingerprint density at radius 1 is 1.61 bits per heavy atom. The van der Waals surface area contributed by atoms with Gasteiger partial charge in [0.05, 0.1) is 22.8 Å². The van der Waals surface area contributed by atoms with Crippen molar-refractivity contribution in [1.82, 2.24) is 4.98 Å². The van der Waals surface area contributed by atoms with Gasteiger partial charge in [0.2, 0.25) is 0 Å². The standard InChI is InChI=1S/C11H14N2O5/c1-6-4-12-9(5-18-8(3)11(14)15)7(2)10(6)13(16)17/h4,8H,5H2,1-3H3,(H,14,15)/t8-/m0/s1. The molecule has 0 fully saturated rings. The number of nitro groups is 1. The first-order chi connectivity index (χ1) is 8.34. The van der Waals surface area contributed by atoms with E-state index in [0.717, 1.165) is 0 Å². The van der Waals surface area contributed by atoms with Crippen molar-refractivity contribution in [2.75, 3.05) is 0 Å². The number of aliphatic carboxylic acids is 1. The van der Waals surface area contributed by atoms with Gasteiger partial charge >= 0.3 is 5.97 Å². The number of carboxylic acid groups (broad SMARTS) is 1. The minimum atomic E-state index is -1.09. The average molecular weight is 254 g/mol. The molecular weight excluding hydrogens is 240 g/mol. The molecule has 1 rings (SSSR count). The molecule has 7 nitrogen and oxygen atoms in total. The lowest BCUT2D eigenvalue weighted by Crippen LogP contribution is -2.20. The highest BCUT2D eigenvalue weighted by molar-refractivity contribution is 5.71. The molecule has 1 atom stereocenters. The summed E-state index contributed by atoms with van der Waals surface area (Å²) in [7, 11) is 0. The Kier molecular flexibility index (Phi) is 4.33. The van der Waals surface area contributed by atoms with Gasteiger partial charge in [0.1, 0.15) is 0 Å². The topological polar surface area (TPSA) is 103 Å². The molecule has 0 amide bonds. The average Bonchev–Trinajstić information content (AvgIpc) is 2.27. The molecular formula is C11H14N2O5. The molecule has 0 radical (unpaired) electrons. The monoisotopic (exact) mass is 254 g/mol. The molecule has 0 aromatic carbocycles. The van der Waals surface area contributed by atoms with Gasteiger partial charge in [-0.3, -0.25) is 15.1 Å². The molecule has 18 heavy (non-hydrogen) atoms. The molecule has 0 spiro atoms. The van der Waals surface area contributed by atoms with Gasteiger partial charge in [-0.2, -0.15) is 0 Å². The highest BCUT2D eigenvalue weighted by Crippen LogP contribution is 2.24. The van der Waals surface area contributed by atoms with Gasteiger partial charge < -0.3 is 9.84 Å². The van der Waals surface area contributed by atoms with Crippen molar-refractivity contribution in [2.45, 2.75) is 33.5 Å². The molecule has 0 unspecified atom stereocenters. The number of aromatic nitrogens is 1. The largest absolute Gasteiger partial charge is 0.479 e. The van der Waals surface area contributed by atoms with Crippen molar-refractivity contribution in [2.24, 2.45) is 0 Å². The lowest BCUT2D eigenvalue weighted by atomic mass is 10.1. The molecule has 0 saturated carbocycles. The van der Waals surface area contributed by atoms with E-state index in [0.29, 0.717) is 16.8 Å². The molecule has 0 aliphatic carbocycles. The lowest BCUT2D eigenvalue weighted by molar-refractivity contribution is -0.386. The van der Waals surface area contributed by atoms with E-state index in [-0.39, 0.29) is 12.3 Å². The highest BCUT2D eigenvalue weighted by Gasteiger charge is 2.20. The summed E-state index contributed by atoms with van der Waals surface area (Å²) in [6.45, 7) is 4.49. The second-order valence-electron chi connectivity index (χ2n) is 3.91. The Morgan fingerprint density at radius 3 is 2.72 bits per heavy atom. The van der Waals surface area contributed by atoms with Crippen molar-refractivity contribution in [3.05, 3.63) is 33.1 Å². The number of carbonyl (C=O) groups is 1. The van der Waals surface area contributed by atoms with Crippen LogP contribution in [0.4, 0.5) is 5.69 Å². The van der Waals surface area contributed by atoms with Crippen LogP contribution in [0.15, 0.2) is 6.20 Å². The minimum Gasteiger partial charge on any atom is -0.479 e. The van der Waals surface area contributed by atoms with Crippen molar-refractivity contribution < 1.29 is 19.6 Å². The molecule has 1 heterocycles. The molecule has 0 aliphatic heterocycles. The van der Waals surface area contributed by atoms with E-state index in [1.54, 1.807) is 13.8 Å². The molecule has 0 saturated heterocycles. The van der Waals surface area contributed by atoms with E-state index >= 15 is 0 Å². The summed E-state index contributed by atoms with van der Waals surface area (Å²) in [6, 6.07) is 0. The Balaban J connectivity index is 2.95. The van der Waals surface area contributed by atoms with Crippen molar-refractivity contribution >= 4 is 11.7 Å². The zero-order valence-corrected chi connectivity index (χ0v) is 10.3. The van der Waals surface area contributed by atoms with Gasteiger partial charge in [-0.05, 0) is 20.8 Å². The number of ether oxygens (including phenoxy) is 1. The van der Waals surface area contributed by atoms with Crippen LogP contribution in [0.3, 0.4) is 0 Å². The normalized spacial score (nSPS) is 12.2. The fraction of sp³-hybridized carbons (Fsp3) is 0.455. The van der Waals surface area contributed by atoms with Crippen LogP contribution in [0.5, 0.6) is 0 Å². The molecule has 7 heteroatoms. The Bertz CT molecular complexity index is 487. The third kappa shape index (κ3) is 3.01. The second-order valence-corrected chi connectivity index (χ2v) is 3.91. The number of aryl methyl sites for hydroxylation is 1. The number of carboxylic acids is 1. The fourth-order valence-corrected chi connectivity index (χ4v) is 1.47. The number of hydrogen-bond acceptors (Lipinski definition) is 5. The van der Waals surface area contributed by atoms with Gasteiger partial charge in [-0.1, -0.05) is 0 Å². The Morgan fingerprint density at radius 2 is 2.22 bits per heavy atom. The Labute approximate surface area is 104 Å². The van der Waals surface area contributed by atoms with Crippen LogP contribution in [0, 0.1) is 24.0 Å². The van der Waals surface area contributed by atoms with E-state index in [1.165, 1.54) is 13.1 Å². The number of rotatable bonds is 5. The van der Waals surface area contributed by atoms with Crippen LogP contribution in [0.2, 0.25) is 0 Å². The summed E-state index contributed by atoms with van der Waals surface area (Å²) < 4.78 is 5.06. The molecule has 1 aromatic rings. The van der Waals surface area contributed by atoms with Gasteiger partial charge in [0.15, 0.2) is 6.10 Å². The van der Waals surface area contributed by atoms with Crippen molar-refractivity contribution in [3.8, 4) is 0 Å². The quantitative estimate of drug-likeness (QED) is 0.632. The van der Waals surface area contributed by atoms with Gasteiger partial charge in [-0.25, -0.2) is 4.79 Å². The van der Waals surface area contributed by atoms with Crippen LogP contribution in [0.1, 0.15) is 23.7 Å². The maximum absolute atomic E-state index is 10.9. The molecule has 0 aliphatic rings. The van der Waals surface area contributed by atoms with Crippen molar-refractivity contribution in [3.63, 3.8) is 0 Å². The smallest absolute Gasteiger partial charge is 0.332 e. The van der Waals surface area contributed by atoms with Crippen molar-refractivity contribution in [1.29, 1.82) is 0 Å². The number of pyridine rings is 1. The van der Waals surface area contributed by atoms with Crippen LogP contribution in [-0.4, -0.2) is 27.1 Å². The van der Waals surface area contributed by atoms with E-state index < -0.39 is 17.0 Å². The molecule has 1 aromatic heterocycles. The summed E-state index contributed by atoms with van der Waals surface area (Å²) in [5, 5.41) is 19.5. The highest BCUT2D eigenvalue weighted by atomic mass is 16.6. The van der Waals surface area contributed by atoms with Gasteiger partial charge in [-0.15, -0.1) is 0 Å². The van der Waals surface area contributed by atoms with Crippen LogP contribution in [0.25, 0.3) is 0 Å². The molecule has 0 bridgehead atoms. The SMILES string of the molecule is Cc1cnc(CO[C@@H](C)C(=O)O)c(C)c1[N+](=O)[O-]. The first-order valence-electron chi connectivity index (χ1n) is 5.28. The molecule has 98 valence electrons. The fourth-order valence-electron chi connectivity index (χ4n) is 1.47. The maximum atomic E-state index is 10.9.